The predicted octanol–water partition coefficient (Wildman–Crippen LogP) is 2.62. The van der Waals surface area contributed by atoms with E-state index < -0.39 is 17.9 Å². The molecule has 2 N–H and O–H groups in total. The summed E-state index contributed by atoms with van der Waals surface area (Å²) in [5, 5.41) is 0. The van der Waals surface area contributed by atoms with Gasteiger partial charge in [-0.15, -0.1) is 12.4 Å². The van der Waals surface area contributed by atoms with Gasteiger partial charge in [0, 0.05) is 0 Å². The van der Waals surface area contributed by atoms with Gasteiger partial charge in [0.15, 0.2) is 0 Å². The summed E-state index contributed by atoms with van der Waals surface area (Å²) in [5.41, 5.74) is 6.21. The second-order valence-corrected chi connectivity index (χ2v) is 4.04. The molecule has 0 amide bonds. The van der Waals surface area contributed by atoms with Crippen LogP contribution < -0.4 is 10.5 Å². The number of ether oxygens (including phenoxy) is 2. The van der Waals surface area contributed by atoms with Crippen LogP contribution in [0.1, 0.15) is 24.1 Å². The lowest BCUT2D eigenvalue weighted by Crippen LogP contribution is -2.42. The first-order valence-corrected chi connectivity index (χ1v) is 5.79. The molecule has 0 saturated heterocycles. The molecule has 0 aliphatic carbocycles. The van der Waals surface area contributed by atoms with Crippen LogP contribution in [0.25, 0.3) is 0 Å². The van der Waals surface area contributed by atoms with Gasteiger partial charge in [-0.3, -0.25) is 0 Å². The van der Waals surface area contributed by atoms with Gasteiger partial charge >= 0.3 is 11.9 Å². The van der Waals surface area contributed by atoms with Crippen LogP contribution in [0, 0.1) is 6.92 Å². The molecule has 20 heavy (non-hydrogen) atoms. The minimum absolute atomic E-state index is 0. The lowest BCUT2D eigenvalue weighted by atomic mass is 9.96. The molecule has 0 saturated carbocycles. The molecule has 0 fully saturated rings. The highest BCUT2D eigenvalue weighted by Gasteiger charge is 2.48. The highest BCUT2D eigenvalue weighted by Crippen LogP contribution is 2.33. The van der Waals surface area contributed by atoms with Crippen LogP contribution in [0.4, 0.5) is 8.78 Å². The number of carbonyl (C=O) groups is 1. The highest BCUT2D eigenvalue weighted by molar-refractivity contribution is 5.85. The average Bonchev–Trinajstić information content (AvgIpc) is 2.37. The molecule has 4 nitrogen and oxygen atoms in total. The van der Waals surface area contributed by atoms with Gasteiger partial charge in [0.05, 0.1) is 13.7 Å². The van der Waals surface area contributed by atoms with E-state index in [4.69, 9.17) is 10.5 Å². The van der Waals surface area contributed by atoms with E-state index in [1.165, 1.54) is 26.2 Å². The maximum absolute atomic E-state index is 13.8. The van der Waals surface area contributed by atoms with E-state index in [1.807, 2.05) is 0 Å². The van der Waals surface area contributed by atoms with E-state index >= 15 is 0 Å². The molecule has 1 aromatic carbocycles. The smallest absolute Gasteiger partial charge is 0.379 e. The van der Waals surface area contributed by atoms with E-state index in [1.54, 1.807) is 13.0 Å². The largest absolute Gasteiger partial charge is 0.497 e. The number of aryl methyl sites for hydroxylation is 1. The first-order chi connectivity index (χ1) is 8.84. The number of alkyl halides is 2. The number of hydrogen-bond acceptors (Lipinski definition) is 4. The highest BCUT2D eigenvalue weighted by atomic mass is 35.5. The zero-order valence-electron chi connectivity index (χ0n) is 11.5. The van der Waals surface area contributed by atoms with E-state index in [0.717, 1.165) is 0 Å². The summed E-state index contributed by atoms with van der Waals surface area (Å²) in [6.07, 6.45) is 0. The summed E-state index contributed by atoms with van der Waals surface area (Å²) >= 11 is 0. The first-order valence-electron chi connectivity index (χ1n) is 5.79. The fourth-order valence-electron chi connectivity index (χ4n) is 1.67. The van der Waals surface area contributed by atoms with Crippen LogP contribution in [-0.4, -0.2) is 25.6 Å². The predicted molar refractivity (Wildman–Crippen MR) is 73.5 cm³/mol. The summed E-state index contributed by atoms with van der Waals surface area (Å²) in [4.78, 5) is 11.2. The zero-order chi connectivity index (χ0) is 14.6. The van der Waals surface area contributed by atoms with Gasteiger partial charge in [-0.1, -0.05) is 6.07 Å². The molecular formula is C13H18ClF2NO3. The molecule has 0 radical (unpaired) electrons. The molecule has 0 aromatic heterocycles. The number of nitrogens with two attached hydrogens (primary N) is 1. The Kier molecular flexibility index (Phi) is 6.88. The number of rotatable bonds is 5. The third-order valence-electron chi connectivity index (χ3n) is 2.75. The summed E-state index contributed by atoms with van der Waals surface area (Å²) in [6, 6.07) is 2.77. The Morgan fingerprint density at radius 3 is 2.50 bits per heavy atom. The fourth-order valence-corrected chi connectivity index (χ4v) is 1.67. The molecule has 0 heterocycles. The van der Waals surface area contributed by atoms with Crippen LogP contribution >= 0.6 is 12.4 Å². The Morgan fingerprint density at radius 1 is 1.45 bits per heavy atom. The minimum atomic E-state index is -3.77. The Morgan fingerprint density at radius 2 is 2.05 bits per heavy atom. The van der Waals surface area contributed by atoms with Crippen molar-refractivity contribution >= 4 is 18.4 Å². The number of benzene rings is 1. The van der Waals surface area contributed by atoms with Crippen molar-refractivity contribution in [2.24, 2.45) is 5.73 Å². The third-order valence-corrected chi connectivity index (χ3v) is 2.75. The molecule has 1 rings (SSSR count). The van der Waals surface area contributed by atoms with Crippen LogP contribution in [0.5, 0.6) is 5.75 Å². The zero-order valence-corrected chi connectivity index (χ0v) is 12.3. The maximum atomic E-state index is 13.8. The van der Waals surface area contributed by atoms with Crippen molar-refractivity contribution in [3.05, 3.63) is 29.3 Å². The molecule has 0 bridgehead atoms. The summed E-state index contributed by atoms with van der Waals surface area (Å²) in [5.74, 6) is -4.85. The average molecular weight is 310 g/mol. The lowest BCUT2D eigenvalue weighted by molar-refractivity contribution is -0.174. The lowest BCUT2D eigenvalue weighted by Gasteiger charge is -2.23. The van der Waals surface area contributed by atoms with E-state index in [9.17, 15) is 13.6 Å². The van der Waals surface area contributed by atoms with Crippen LogP contribution in [0.15, 0.2) is 18.2 Å². The molecular weight excluding hydrogens is 292 g/mol. The second-order valence-electron chi connectivity index (χ2n) is 4.04. The molecule has 0 unspecified atom stereocenters. The van der Waals surface area contributed by atoms with Gasteiger partial charge < -0.3 is 15.2 Å². The fraction of sp³-hybridized carbons (Fsp3) is 0.462. The molecule has 0 spiro atoms. The Balaban J connectivity index is 0.00000361. The summed E-state index contributed by atoms with van der Waals surface area (Å²) in [6.45, 7) is 2.96. The Labute approximate surface area is 122 Å². The molecule has 1 aromatic rings. The number of hydrogen-bond donors (Lipinski definition) is 1. The molecule has 1 atom stereocenters. The number of carbonyl (C=O) groups excluding carboxylic acids is 1. The SMILES string of the molecule is CCOC(=O)C(F)(F)[C@H](N)c1ccc(OC)cc1C.Cl. The van der Waals surface area contributed by atoms with Gasteiger partial charge in [-0.2, -0.15) is 8.78 Å². The summed E-state index contributed by atoms with van der Waals surface area (Å²) < 4.78 is 37.0. The van der Waals surface area contributed by atoms with Gasteiger partial charge in [0.25, 0.3) is 0 Å². The number of methoxy groups -OCH3 is 1. The normalized spacial score (nSPS) is 12.3. The van der Waals surface area contributed by atoms with Gasteiger partial charge in [-0.05, 0) is 37.1 Å². The van der Waals surface area contributed by atoms with E-state index in [0.29, 0.717) is 11.3 Å². The molecule has 0 aliphatic heterocycles. The molecule has 114 valence electrons. The van der Waals surface area contributed by atoms with Crippen molar-refractivity contribution in [1.82, 2.24) is 0 Å². The maximum Gasteiger partial charge on any atom is 0.379 e. The van der Waals surface area contributed by atoms with E-state index in [2.05, 4.69) is 4.74 Å². The Bertz CT molecular complexity index is 469. The molecule has 7 heteroatoms. The first kappa shape index (κ1) is 18.6. The van der Waals surface area contributed by atoms with Crippen LogP contribution in [0.3, 0.4) is 0 Å². The van der Waals surface area contributed by atoms with E-state index in [-0.39, 0.29) is 24.6 Å². The van der Waals surface area contributed by atoms with Crippen LogP contribution in [0.2, 0.25) is 0 Å². The van der Waals surface area contributed by atoms with Crippen molar-refractivity contribution in [3.8, 4) is 5.75 Å². The van der Waals surface area contributed by atoms with Crippen molar-refractivity contribution in [1.29, 1.82) is 0 Å². The monoisotopic (exact) mass is 309 g/mol. The van der Waals surface area contributed by atoms with Crippen molar-refractivity contribution in [3.63, 3.8) is 0 Å². The quantitative estimate of drug-likeness (QED) is 0.849. The topological polar surface area (TPSA) is 61.5 Å². The number of esters is 1. The standard InChI is InChI=1S/C13H17F2NO3.ClH/c1-4-19-12(17)13(14,15)11(16)10-6-5-9(18-3)7-8(10)2;/h5-7,11H,4,16H2,1-3H3;1H/t11-;/m1./s1. The van der Waals surface area contributed by atoms with Crippen molar-refractivity contribution in [2.75, 3.05) is 13.7 Å². The van der Waals surface area contributed by atoms with Gasteiger partial charge in [0.2, 0.25) is 0 Å². The third kappa shape index (κ3) is 3.80. The van der Waals surface area contributed by atoms with Gasteiger partial charge in [0.1, 0.15) is 11.8 Å². The minimum Gasteiger partial charge on any atom is -0.497 e. The van der Waals surface area contributed by atoms with Crippen molar-refractivity contribution < 1.29 is 23.0 Å². The number of halogens is 3. The van der Waals surface area contributed by atoms with Crippen molar-refractivity contribution in [2.45, 2.75) is 25.8 Å². The molecule has 0 aliphatic rings. The van der Waals surface area contributed by atoms with Crippen LogP contribution in [-0.2, 0) is 9.53 Å². The Hall–Kier alpha value is -1.40. The second kappa shape index (κ2) is 7.40. The summed E-state index contributed by atoms with van der Waals surface area (Å²) in [7, 11) is 1.47. The van der Waals surface area contributed by atoms with Gasteiger partial charge in [-0.25, -0.2) is 4.79 Å².